The number of rotatable bonds is 6. The molecule has 0 aliphatic carbocycles. The highest BCUT2D eigenvalue weighted by molar-refractivity contribution is 6.32. The van der Waals surface area contributed by atoms with E-state index in [1.54, 1.807) is 31.2 Å². The third kappa shape index (κ3) is 5.02. The van der Waals surface area contributed by atoms with Crippen LogP contribution in [0.2, 0.25) is 5.02 Å². The van der Waals surface area contributed by atoms with Gasteiger partial charge in [-0.3, -0.25) is 4.79 Å². The lowest BCUT2D eigenvalue weighted by Crippen LogP contribution is -2.22. The van der Waals surface area contributed by atoms with Gasteiger partial charge in [0.1, 0.15) is 0 Å². The Kier molecular flexibility index (Phi) is 6.73. The number of hydrogen-bond donors (Lipinski definition) is 1. The zero-order chi connectivity index (χ0) is 23.5. The Hall–Kier alpha value is -3.53. The van der Waals surface area contributed by atoms with Gasteiger partial charge in [0.05, 0.1) is 23.4 Å². The van der Waals surface area contributed by atoms with E-state index in [2.05, 4.69) is 15.2 Å². The van der Waals surface area contributed by atoms with Gasteiger partial charge in [-0.15, -0.1) is 0 Å². The molecule has 7 nitrogen and oxygen atoms in total. The third-order valence-corrected chi connectivity index (χ3v) is 4.73. The molecule has 168 valence electrons. The van der Waals surface area contributed by atoms with Crippen molar-refractivity contribution in [2.45, 2.75) is 13.1 Å². The first-order valence-corrected chi connectivity index (χ1v) is 9.52. The summed E-state index contributed by atoms with van der Waals surface area (Å²) in [6.45, 7) is 1.00. The van der Waals surface area contributed by atoms with Gasteiger partial charge in [-0.2, -0.15) is 23.0 Å². The van der Waals surface area contributed by atoms with E-state index in [4.69, 9.17) is 16.3 Å². The van der Waals surface area contributed by atoms with Crippen LogP contribution in [-0.4, -0.2) is 35.4 Å². The van der Waals surface area contributed by atoms with Crippen molar-refractivity contribution >= 4 is 29.2 Å². The summed E-state index contributed by atoms with van der Waals surface area (Å²) in [7, 11) is 1.23. The van der Waals surface area contributed by atoms with Gasteiger partial charge in [-0.1, -0.05) is 29.8 Å². The standard InChI is InChI=1S/C21H17ClF3N3O4/c1-12-13(20(30)31-2)6-5-8-15(12)26-18(29)11-32-19-10-17(21(23,24)25)27-28(19)16-9-4-3-7-14(16)22/h3-10H,11H2,1-2H3,(H,26,29). The number of amides is 1. The van der Waals surface area contributed by atoms with E-state index in [1.807, 2.05) is 0 Å². The van der Waals surface area contributed by atoms with Gasteiger partial charge < -0.3 is 14.8 Å². The van der Waals surface area contributed by atoms with Gasteiger partial charge in [0.25, 0.3) is 5.91 Å². The summed E-state index contributed by atoms with van der Waals surface area (Å²) in [6.07, 6.45) is -4.72. The molecule has 0 radical (unpaired) electrons. The predicted molar refractivity (Wildman–Crippen MR) is 110 cm³/mol. The molecule has 2 aromatic carbocycles. The van der Waals surface area contributed by atoms with Crippen LogP contribution in [-0.2, 0) is 15.7 Å². The van der Waals surface area contributed by atoms with E-state index < -0.39 is 30.4 Å². The van der Waals surface area contributed by atoms with Gasteiger partial charge in [0.2, 0.25) is 5.88 Å². The second-order valence-electron chi connectivity index (χ2n) is 6.54. The molecule has 0 bridgehead atoms. The van der Waals surface area contributed by atoms with Crippen LogP contribution < -0.4 is 10.1 Å². The van der Waals surface area contributed by atoms with Gasteiger partial charge in [0, 0.05) is 11.8 Å². The summed E-state index contributed by atoms with van der Waals surface area (Å²) in [6, 6.07) is 11.5. The minimum Gasteiger partial charge on any atom is -0.467 e. The molecule has 0 aliphatic rings. The number of aromatic nitrogens is 2. The van der Waals surface area contributed by atoms with Gasteiger partial charge in [-0.05, 0) is 36.8 Å². The lowest BCUT2D eigenvalue weighted by molar-refractivity contribution is -0.141. The average Bonchev–Trinajstić information content (AvgIpc) is 3.18. The highest BCUT2D eigenvalue weighted by Crippen LogP contribution is 2.33. The molecule has 0 atom stereocenters. The smallest absolute Gasteiger partial charge is 0.435 e. The molecule has 0 saturated carbocycles. The summed E-state index contributed by atoms with van der Waals surface area (Å²) in [4.78, 5) is 24.2. The maximum atomic E-state index is 13.2. The Bertz CT molecular complexity index is 1160. The van der Waals surface area contributed by atoms with E-state index in [9.17, 15) is 22.8 Å². The van der Waals surface area contributed by atoms with Crippen molar-refractivity contribution in [3.05, 3.63) is 70.4 Å². The van der Waals surface area contributed by atoms with Crippen molar-refractivity contribution in [1.82, 2.24) is 9.78 Å². The topological polar surface area (TPSA) is 82.4 Å². The SMILES string of the molecule is COC(=O)c1cccc(NC(=O)COc2cc(C(F)(F)F)nn2-c2ccccc2Cl)c1C. The highest BCUT2D eigenvalue weighted by atomic mass is 35.5. The fourth-order valence-corrected chi connectivity index (χ4v) is 3.05. The van der Waals surface area contributed by atoms with Crippen molar-refractivity contribution in [3.8, 4) is 11.6 Å². The normalized spacial score (nSPS) is 11.2. The number of alkyl halides is 3. The second kappa shape index (κ2) is 9.31. The van der Waals surface area contributed by atoms with Crippen LogP contribution in [0, 0.1) is 6.92 Å². The lowest BCUT2D eigenvalue weighted by atomic mass is 10.1. The quantitative estimate of drug-likeness (QED) is 0.533. The number of nitrogens with one attached hydrogen (secondary N) is 1. The number of methoxy groups -OCH3 is 1. The molecule has 0 spiro atoms. The molecule has 0 aliphatic heterocycles. The number of nitrogens with zero attached hydrogens (tertiary/aromatic N) is 2. The molecular formula is C21H17ClF3N3O4. The molecule has 0 unspecified atom stereocenters. The lowest BCUT2D eigenvalue weighted by Gasteiger charge is -2.13. The zero-order valence-corrected chi connectivity index (χ0v) is 17.6. The Balaban J connectivity index is 1.81. The van der Waals surface area contributed by atoms with Gasteiger partial charge >= 0.3 is 12.1 Å². The van der Waals surface area contributed by atoms with E-state index >= 15 is 0 Å². The Morgan fingerprint density at radius 3 is 2.53 bits per heavy atom. The monoisotopic (exact) mass is 467 g/mol. The Labute approximate surface area is 185 Å². The number of anilines is 1. The first-order chi connectivity index (χ1) is 15.1. The molecule has 0 saturated heterocycles. The van der Waals surface area contributed by atoms with Crippen LogP contribution in [0.1, 0.15) is 21.6 Å². The van der Waals surface area contributed by atoms with E-state index in [1.165, 1.54) is 25.3 Å². The Morgan fingerprint density at radius 2 is 1.88 bits per heavy atom. The van der Waals surface area contributed by atoms with Crippen molar-refractivity contribution in [2.75, 3.05) is 19.0 Å². The first-order valence-electron chi connectivity index (χ1n) is 9.14. The first kappa shape index (κ1) is 23.1. The van der Waals surface area contributed by atoms with Gasteiger partial charge in [0.15, 0.2) is 12.3 Å². The molecule has 0 fully saturated rings. The van der Waals surface area contributed by atoms with Gasteiger partial charge in [-0.25, -0.2) is 4.79 Å². The van der Waals surface area contributed by atoms with Crippen molar-refractivity contribution in [3.63, 3.8) is 0 Å². The second-order valence-corrected chi connectivity index (χ2v) is 6.94. The number of para-hydroxylation sites is 1. The van der Waals surface area contributed by atoms with E-state index in [0.29, 0.717) is 17.3 Å². The van der Waals surface area contributed by atoms with Crippen LogP contribution >= 0.6 is 11.6 Å². The highest BCUT2D eigenvalue weighted by Gasteiger charge is 2.36. The maximum absolute atomic E-state index is 13.2. The summed E-state index contributed by atoms with van der Waals surface area (Å²) in [5.41, 5.74) is 0.0132. The summed E-state index contributed by atoms with van der Waals surface area (Å²) < 4.78 is 50.4. The Morgan fingerprint density at radius 1 is 1.16 bits per heavy atom. The summed E-state index contributed by atoms with van der Waals surface area (Å²) in [5, 5.41) is 6.23. The summed E-state index contributed by atoms with van der Waals surface area (Å²) in [5.74, 6) is -1.55. The molecule has 3 rings (SSSR count). The number of benzene rings is 2. The number of ether oxygens (including phenoxy) is 2. The van der Waals surface area contributed by atoms with E-state index in [0.717, 1.165) is 4.68 Å². The average molecular weight is 468 g/mol. The number of hydrogen-bond acceptors (Lipinski definition) is 5. The number of halogens is 4. The van der Waals surface area contributed by atoms with Crippen LogP contribution in [0.3, 0.4) is 0 Å². The zero-order valence-electron chi connectivity index (χ0n) is 16.9. The fraction of sp³-hybridized carbons (Fsp3) is 0.190. The number of esters is 1. The maximum Gasteiger partial charge on any atom is 0.435 e. The van der Waals surface area contributed by atoms with E-state index in [-0.39, 0.29) is 22.2 Å². The molecule has 1 amide bonds. The molecular weight excluding hydrogens is 451 g/mol. The molecule has 32 heavy (non-hydrogen) atoms. The molecule has 3 aromatic rings. The van der Waals surface area contributed by atoms with Crippen LogP contribution in [0.25, 0.3) is 5.69 Å². The number of carbonyl (C=O) groups excluding carboxylic acids is 2. The van der Waals surface area contributed by atoms with Crippen molar-refractivity contribution < 1.29 is 32.2 Å². The minimum absolute atomic E-state index is 0.147. The molecule has 11 heteroatoms. The predicted octanol–water partition coefficient (Wildman–Crippen LogP) is 4.66. The van der Waals surface area contributed by atoms with Crippen LogP contribution in [0.4, 0.5) is 18.9 Å². The minimum atomic E-state index is -4.72. The number of carbonyl (C=O) groups is 2. The third-order valence-electron chi connectivity index (χ3n) is 4.41. The largest absolute Gasteiger partial charge is 0.467 e. The molecule has 1 heterocycles. The molecule has 1 aromatic heterocycles. The molecule has 1 N–H and O–H groups in total. The van der Waals surface area contributed by atoms with Crippen molar-refractivity contribution in [2.24, 2.45) is 0 Å². The van der Waals surface area contributed by atoms with Crippen LogP contribution in [0.15, 0.2) is 48.5 Å². The van der Waals surface area contributed by atoms with Crippen molar-refractivity contribution in [1.29, 1.82) is 0 Å². The summed E-state index contributed by atoms with van der Waals surface area (Å²) >= 11 is 6.08. The van der Waals surface area contributed by atoms with Crippen LogP contribution in [0.5, 0.6) is 5.88 Å². The fourth-order valence-electron chi connectivity index (χ4n) is 2.83.